The number of carbonyl (C=O) groups is 1. The number of hydrogen-bond acceptors (Lipinski definition) is 1. The molecule has 1 aromatic carbocycles. The van der Waals surface area contributed by atoms with E-state index in [4.69, 9.17) is 0 Å². The summed E-state index contributed by atoms with van der Waals surface area (Å²) >= 11 is 2.87. The maximum absolute atomic E-state index is 13.3. The van der Waals surface area contributed by atoms with E-state index >= 15 is 0 Å². The molecule has 0 saturated carbocycles. The molecule has 88 valence electrons. The number of benzene rings is 1. The molecule has 1 rings (SSSR count). The zero-order valence-electron chi connectivity index (χ0n) is 8.82. The van der Waals surface area contributed by atoms with E-state index in [9.17, 15) is 13.6 Å². The summed E-state index contributed by atoms with van der Waals surface area (Å²) in [4.78, 5) is 11.3. The highest BCUT2D eigenvalue weighted by Crippen LogP contribution is 2.20. The van der Waals surface area contributed by atoms with Gasteiger partial charge in [-0.3, -0.25) is 4.79 Å². The lowest BCUT2D eigenvalue weighted by Crippen LogP contribution is -2.26. The van der Waals surface area contributed by atoms with Gasteiger partial charge in [-0.15, -0.1) is 0 Å². The average Bonchev–Trinajstić information content (AvgIpc) is 2.23. The molecule has 0 aliphatic heterocycles. The predicted molar refractivity (Wildman–Crippen MR) is 61.1 cm³/mol. The van der Waals surface area contributed by atoms with Crippen LogP contribution in [0, 0.1) is 11.6 Å². The van der Waals surface area contributed by atoms with E-state index in [1.807, 2.05) is 6.92 Å². The summed E-state index contributed by atoms with van der Waals surface area (Å²) < 4.78 is 26.5. The van der Waals surface area contributed by atoms with Gasteiger partial charge in [0.2, 0.25) is 5.91 Å². The van der Waals surface area contributed by atoms with Gasteiger partial charge >= 0.3 is 0 Å². The van der Waals surface area contributed by atoms with Gasteiger partial charge in [-0.1, -0.05) is 6.92 Å². The van der Waals surface area contributed by atoms with Crippen LogP contribution < -0.4 is 5.32 Å². The van der Waals surface area contributed by atoms with Gasteiger partial charge in [-0.2, -0.15) is 0 Å². The highest BCUT2D eigenvalue weighted by atomic mass is 79.9. The third-order valence-corrected chi connectivity index (χ3v) is 2.62. The fourth-order valence-corrected chi connectivity index (χ4v) is 1.51. The first-order chi connectivity index (χ1) is 7.54. The maximum atomic E-state index is 13.3. The first-order valence-corrected chi connectivity index (χ1v) is 5.74. The smallest absolute Gasteiger partial charge is 0.224 e. The molecular weight excluding hydrogens is 280 g/mol. The number of rotatable bonds is 4. The Labute approximate surface area is 101 Å². The molecule has 2 nitrogen and oxygen atoms in total. The molecule has 16 heavy (non-hydrogen) atoms. The van der Waals surface area contributed by atoms with Crippen LogP contribution in [0.4, 0.5) is 8.78 Å². The summed E-state index contributed by atoms with van der Waals surface area (Å²) in [5.74, 6) is -1.46. The van der Waals surface area contributed by atoms with E-state index < -0.39 is 11.6 Å². The molecule has 0 spiro atoms. The Morgan fingerprint density at radius 1 is 1.38 bits per heavy atom. The van der Waals surface area contributed by atoms with Gasteiger partial charge in [0.15, 0.2) is 0 Å². The maximum Gasteiger partial charge on any atom is 0.224 e. The molecule has 1 N–H and O–H groups in total. The standard InChI is InChI=1S/C11H12BrF2NO/c1-2-3-15-11(16)5-7-4-10(14)8(12)6-9(7)13/h4,6H,2-3,5H2,1H3,(H,15,16). The van der Waals surface area contributed by atoms with Crippen LogP contribution in [0.2, 0.25) is 0 Å². The molecule has 0 fully saturated rings. The zero-order chi connectivity index (χ0) is 12.1. The lowest BCUT2D eigenvalue weighted by atomic mass is 10.1. The summed E-state index contributed by atoms with van der Waals surface area (Å²) in [6.45, 7) is 2.46. The van der Waals surface area contributed by atoms with Crippen molar-refractivity contribution in [1.82, 2.24) is 5.32 Å². The van der Waals surface area contributed by atoms with Gasteiger partial charge in [0.1, 0.15) is 11.6 Å². The Kier molecular flexibility index (Phi) is 4.86. The van der Waals surface area contributed by atoms with E-state index in [2.05, 4.69) is 21.2 Å². The Balaban J connectivity index is 2.73. The van der Waals surface area contributed by atoms with Crippen LogP contribution in [0.25, 0.3) is 0 Å². The van der Waals surface area contributed by atoms with Crippen molar-refractivity contribution in [1.29, 1.82) is 0 Å². The Morgan fingerprint density at radius 3 is 2.69 bits per heavy atom. The molecule has 0 radical (unpaired) electrons. The van der Waals surface area contributed by atoms with Crippen molar-refractivity contribution < 1.29 is 13.6 Å². The van der Waals surface area contributed by atoms with E-state index in [1.165, 1.54) is 0 Å². The number of carbonyl (C=O) groups excluding carboxylic acids is 1. The molecule has 0 aliphatic carbocycles. The Morgan fingerprint density at radius 2 is 2.06 bits per heavy atom. The molecule has 0 bridgehead atoms. The number of amides is 1. The van der Waals surface area contributed by atoms with Crippen molar-refractivity contribution in [3.8, 4) is 0 Å². The van der Waals surface area contributed by atoms with Gasteiger partial charge in [0.25, 0.3) is 0 Å². The summed E-state index contributed by atoms with van der Waals surface area (Å²) in [6, 6.07) is 2.06. The topological polar surface area (TPSA) is 29.1 Å². The minimum Gasteiger partial charge on any atom is -0.356 e. The third-order valence-electron chi connectivity index (χ3n) is 2.01. The molecule has 1 aromatic rings. The molecule has 0 saturated heterocycles. The van der Waals surface area contributed by atoms with Gasteiger partial charge in [0.05, 0.1) is 10.9 Å². The lowest BCUT2D eigenvalue weighted by Gasteiger charge is -2.05. The number of hydrogen-bond donors (Lipinski definition) is 1. The van der Waals surface area contributed by atoms with Crippen LogP contribution in [0.5, 0.6) is 0 Å². The van der Waals surface area contributed by atoms with Crippen molar-refractivity contribution in [2.24, 2.45) is 0 Å². The van der Waals surface area contributed by atoms with Gasteiger partial charge in [-0.05, 0) is 34.5 Å². The second kappa shape index (κ2) is 5.94. The predicted octanol–water partition coefficient (Wildman–Crippen LogP) is 2.80. The number of nitrogens with one attached hydrogen (secondary N) is 1. The third kappa shape index (κ3) is 3.56. The van der Waals surface area contributed by atoms with E-state index in [-0.39, 0.29) is 22.4 Å². The van der Waals surface area contributed by atoms with Crippen LogP contribution in [0.15, 0.2) is 16.6 Å². The highest BCUT2D eigenvalue weighted by Gasteiger charge is 2.11. The van der Waals surface area contributed by atoms with Crippen molar-refractivity contribution in [3.05, 3.63) is 33.8 Å². The van der Waals surface area contributed by atoms with Crippen molar-refractivity contribution in [3.63, 3.8) is 0 Å². The quantitative estimate of drug-likeness (QED) is 0.849. The van der Waals surface area contributed by atoms with Gasteiger partial charge < -0.3 is 5.32 Å². The fourth-order valence-electron chi connectivity index (χ4n) is 1.20. The molecular formula is C11H12BrF2NO. The first kappa shape index (κ1) is 13.1. The highest BCUT2D eigenvalue weighted by molar-refractivity contribution is 9.10. The van der Waals surface area contributed by atoms with Gasteiger partial charge in [0, 0.05) is 12.1 Å². The summed E-state index contributed by atoms with van der Waals surface area (Å²) in [5, 5.41) is 2.60. The van der Waals surface area contributed by atoms with Crippen LogP contribution in [0.1, 0.15) is 18.9 Å². The minimum absolute atomic E-state index is 0.0581. The minimum atomic E-state index is -0.583. The SMILES string of the molecule is CCCNC(=O)Cc1cc(F)c(Br)cc1F. The normalized spacial score (nSPS) is 10.2. The molecule has 1 amide bonds. The molecule has 0 unspecified atom stereocenters. The fraction of sp³-hybridized carbons (Fsp3) is 0.364. The van der Waals surface area contributed by atoms with Crippen LogP contribution in [-0.4, -0.2) is 12.5 Å². The summed E-state index contributed by atoms with van der Waals surface area (Å²) in [6.07, 6.45) is 0.666. The van der Waals surface area contributed by atoms with Crippen molar-refractivity contribution in [2.75, 3.05) is 6.54 Å². The second-order valence-corrected chi connectivity index (χ2v) is 4.24. The zero-order valence-corrected chi connectivity index (χ0v) is 10.4. The van der Waals surface area contributed by atoms with Crippen molar-refractivity contribution in [2.45, 2.75) is 19.8 Å². The molecule has 0 aliphatic rings. The average molecular weight is 292 g/mol. The Bertz CT molecular complexity index is 396. The Hall–Kier alpha value is -0.970. The molecule has 0 atom stereocenters. The van der Waals surface area contributed by atoms with Crippen LogP contribution >= 0.6 is 15.9 Å². The molecule has 0 heterocycles. The molecule has 5 heteroatoms. The molecule has 0 aromatic heterocycles. The van der Waals surface area contributed by atoms with Gasteiger partial charge in [-0.25, -0.2) is 8.78 Å². The lowest BCUT2D eigenvalue weighted by molar-refractivity contribution is -0.120. The first-order valence-electron chi connectivity index (χ1n) is 4.94. The van der Waals surface area contributed by atoms with E-state index in [0.29, 0.717) is 6.54 Å². The van der Waals surface area contributed by atoms with E-state index in [1.54, 1.807) is 0 Å². The summed E-state index contributed by atoms with van der Waals surface area (Å²) in [5.41, 5.74) is 0.0642. The van der Waals surface area contributed by atoms with Crippen LogP contribution in [0.3, 0.4) is 0 Å². The van der Waals surface area contributed by atoms with E-state index in [0.717, 1.165) is 18.6 Å². The summed E-state index contributed by atoms with van der Waals surface area (Å²) in [7, 11) is 0. The number of halogens is 3. The van der Waals surface area contributed by atoms with Crippen molar-refractivity contribution >= 4 is 21.8 Å². The van der Waals surface area contributed by atoms with Crippen LogP contribution in [-0.2, 0) is 11.2 Å². The monoisotopic (exact) mass is 291 g/mol. The second-order valence-electron chi connectivity index (χ2n) is 3.38. The largest absolute Gasteiger partial charge is 0.356 e.